The maximum atomic E-state index is 13.0. The van der Waals surface area contributed by atoms with Crippen molar-refractivity contribution in [2.75, 3.05) is 13.2 Å². The van der Waals surface area contributed by atoms with Crippen molar-refractivity contribution >= 4 is 0 Å². The lowest BCUT2D eigenvalue weighted by atomic mass is 10.2. The first-order valence-corrected chi connectivity index (χ1v) is 4.36. The van der Waals surface area contributed by atoms with Crippen molar-refractivity contribution in [2.24, 2.45) is 5.90 Å². The van der Waals surface area contributed by atoms with E-state index in [0.717, 1.165) is 0 Å². The molecule has 1 fully saturated rings. The van der Waals surface area contributed by atoms with E-state index in [1.807, 2.05) is 0 Å². The molecule has 2 atom stereocenters. The summed E-state index contributed by atoms with van der Waals surface area (Å²) in [5.41, 5.74) is 0. The molecule has 0 saturated carbocycles. The molecule has 2 N–H and O–H groups in total. The summed E-state index contributed by atoms with van der Waals surface area (Å²) in [4.78, 5) is 6.64. The first-order valence-electron chi connectivity index (χ1n) is 4.36. The summed E-state index contributed by atoms with van der Waals surface area (Å²) in [6.07, 6.45) is -0.164. The minimum Gasteiger partial charge on any atom is -0.303 e. The lowest BCUT2D eigenvalue weighted by molar-refractivity contribution is 0.0661. The molecule has 0 aromatic carbocycles. The highest BCUT2D eigenvalue weighted by Crippen LogP contribution is 2.22. The summed E-state index contributed by atoms with van der Waals surface area (Å²) >= 11 is 0. The van der Waals surface area contributed by atoms with E-state index in [-0.39, 0.29) is 6.04 Å². The fourth-order valence-corrected chi connectivity index (χ4v) is 1.79. The molecule has 1 aliphatic rings. The molecule has 1 aliphatic heterocycles. The van der Waals surface area contributed by atoms with Gasteiger partial charge < -0.3 is 4.84 Å². The van der Waals surface area contributed by atoms with Gasteiger partial charge in [-0.25, -0.2) is 10.3 Å². The average molecular weight is 176 g/mol. The van der Waals surface area contributed by atoms with Crippen molar-refractivity contribution in [1.29, 1.82) is 0 Å². The van der Waals surface area contributed by atoms with Gasteiger partial charge in [0.2, 0.25) is 0 Å². The molecule has 0 unspecified atom stereocenters. The summed E-state index contributed by atoms with van der Waals surface area (Å²) in [7, 11) is 0. The van der Waals surface area contributed by atoms with Gasteiger partial charge in [0, 0.05) is 18.6 Å². The first-order chi connectivity index (χ1) is 5.65. The molecule has 1 rings (SSSR count). The van der Waals surface area contributed by atoms with Gasteiger partial charge in [-0.3, -0.25) is 4.90 Å². The highest BCUT2D eigenvalue weighted by atomic mass is 19.1. The lowest BCUT2D eigenvalue weighted by Crippen LogP contribution is -2.39. The van der Waals surface area contributed by atoms with Crippen molar-refractivity contribution in [3.8, 4) is 0 Å². The Labute approximate surface area is 72.6 Å². The Balaban J connectivity index is 2.47. The molecular formula is C8H17FN2O. The molecule has 4 heteroatoms. The Morgan fingerprint density at radius 1 is 1.67 bits per heavy atom. The van der Waals surface area contributed by atoms with Gasteiger partial charge in [-0.15, -0.1) is 0 Å². The summed E-state index contributed by atoms with van der Waals surface area (Å²) in [5, 5.41) is 0. The molecule has 0 amide bonds. The number of alkyl halides is 1. The van der Waals surface area contributed by atoms with Gasteiger partial charge in [0.15, 0.2) is 0 Å². The van der Waals surface area contributed by atoms with Crippen molar-refractivity contribution in [3.63, 3.8) is 0 Å². The summed E-state index contributed by atoms with van der Waals surface area (Å²) < 4.78 is 13.0. The summed E-state index contributed by atoms with van der Waals surface area (Å²) in [6.45, 7) is 5.06. The molecule has 12 heavy (non-hydrogen) atoms. The fraction of sp³-hybridized carbons (Fsp3) is 1.00. The van der Waals surface area contributed by atoms with E-state index in [2.05, 4.69) is 23.6 Å². The van der Waals surface area contributed by atoms with Crippen LogP contribution in [0.5, 0.6) is 0 Å². The normalized spacial score (nSPS) is 31.8. The minimum absolute atomic E-state index is 0.157. The SMILES string of the molecule is CC(C)N1C[C@H](F)C[C@H]1CON. The third-order valence-corrected chi connectivity index (χ3v) is 2.36. The van der Waals surface area contributed by atoms with E-state index in [1.54, 1.807) is 0 Å². The molecule has 3 nitrogen and oxygen atoms in total. The molecule has 0 radical (unpaired) electrons. The molecule has 1 heterocycles. The second-order valence-corrected chi connectivity index (χ2v) is 3.61. The van der Waals surface area contributed by atoms with E-state index in [0.29, 0.717) is 25.6 Å². The van der Waals surface area contributed by atoms with Crippen LogP contribution in [0.1, 0.15) is 20.3 Å². The van der Waals surface area contributed by atoms with Crippen LogP contribution < -0.4 is 5.90 Å². The second-order valence-electron chi connectivity index (χ2n) is 3.61. The molecule has 1 saturated heterocycles. The van der Waals surface area contributed by atoms with Gasteiger partial charge >= 0.3 is 0 Å². The lowest BCUT2D eigenvalue weighted by Gasteiger charge is -2.26. The number of hydrogen-bond acceptors (Lipinski definition) is 3. The van der Waals surface area contributed by atoms with Crippen molar-refractivity contribution < 1.29 is 9.23 Å². The van der Waals surface area contributed by atoms with Gasteiger partial charge in [0.25, 0.3) is 0 Å². The zero-order chi connectivity index (χ0) is 9.14. The number of likely N-dealkylation sites (tertiary alicyclic amines) is 1. The number of hydrogen-bond donors (Lipinski definition) is 1. The maximum absolute atomic E-state index is 13.0. The van der Waals surface area contributed by atoms with Crippen molar-refractivity contribution in [1.82, 2.24) is 4.90 Å². The largest absolute Gasteiger partial charge is 0.303 e. The van der Waals surface area contributed by atoms with Crippen molar-refractivity contribution in [2.45, 2.75) is 38.5 Å². The van der Waals surface area contributed by atoms with E-state index in [4.69, 9.17) is 5.90 Å². The van der Waals surface area contributed by atoms with Crippen LogP contribution >= 0.6 is 0 Å². The van der Waals surface area contributed by atoms with Gasteiger partial charge in [0.05, 0.1) is 6.61 Å². The predicted molar refractivity (Wildman–Crippen MR) is 45.3 cm³/mol. The summed E-state index contributed by atoms with van der Waals surface area (Å²) in [5.74, 6) is 4.97. The third kappa shape index (κ3) is 2.15. The van der Waals surface area contributed by atoms with Gasteiger partial charge in [-0.05, 0) is 20.3 Å². The molecule has 0 aliphatic carbocycles. The van der Waals surface area contributed by atoms with Crippen LogP contribution in [-0.2, 0) is 4.84 Å². The minimum atomic E-state index is -0.715. The van der Waals surface area contributed by atoms with E-state index in [1.165, 1.54) is 0 Å². The zero-order valence-corrected chi connectivity index (χ0v) is 7.66. The van der Waals surface area contributed by atoms with Crippen LogP contribution in [0.3, 0.4) is 0 Å². The van der Waals surface area contributed by atoms with Crippen LogP contribution in [0, 0.1) is 0 Å². The highest BCUT2D eigenvalue weighted by molar-refractivity contribution is 4.86. The summed E-state index contributed by atoms with van der Waals surface area (Å²) in [6, 6.07) is 0.524. The monoisotopic (exact) mass is 176 g/mol. The third-order valence-electron chi connectivity index (χ3n) is 2.36. The van der Waals surface area contributed by atoms with Crippen molar-refractivity contribution in [3.05, 3.63) is 0 Å². The zero-order valence-electron chi connectivity index (χ0n) is 7.66. The molecule has 0 aromatic heterocycles. The molecule has 0 bridgehead atoms. The van der Waals surface area contributed by atoms with E-state index in [9.17, 15) is 4.39 Å². The Bertz CT molecular complexity index is 143. The number of nitrogens with two attached hydrogens (primary N) is 1. The van der Waals surface area contributed by atoms with Gasteiger partial charge in [0.1, 0.15) is 6.17 Å². The Morgan fingerprint density at radius 3 is 2.83 bits per heavy atom. The van der Waals surface area contributed by atoms with E-state index < -0.39 is 6.17 Å². The molecular weight excluding hydrogens is 159 g/mol. The topological polar surface area (TPSA) is 38.5 Å². The molecule has 0 aromatic rings. The second kappa shape index (κ2) is 4.16. The molecule has 72 valence electrons. The van der Waals surface area contributed by atoms with Crippen LogP contribution in [0.15, 0.2) is 0 Å². The van der Waals surface area contributed by atoms with Gasteiger partial charge in [-0.1, -0.05) is 0 Å². The van der Waals surface area contributed by atoms with Crippen LogP contribution in [-0.4, -0.2) is 36.3 Å². The van der Waals surface area contributed by atoms with Crippen LogP contribution in [0.25, 0.3) is 0 Å². The standard InChI is InChI=1S/C8H17FN2O/c1-6(2)11-4-7(9)3-8(11)5-12-10/h6-8H,3-5,10H2,1-2H3/t7-,8+/m1/s1. The van der Waals surface area contributed by atoms with Gasteiger partial charge in [-0.2, -0.15) is 0 Å². The van der Waals surface area contributed by atoms with Crippen LogP contribution in [0.4, 0.5) is 4.39 Å². The quantitative estimate of drug-likeness (QED) is 0.643. The number of rotatable bonds is 3. The van der Waals surface area contributed by atoms with Crippen LogP contribution in [0.2, 0.25) is 0 Å². The number of halogens is 1. The highest BCUT2D eigenvalue weighted by Gasteiger charge is 2.33. The number of nitrogens with zero attached hydrogens (tertiary/aromatic N) is 1. The Morgan fingerprint density at radius 2 is 2.33 bits per heavy atom. The first kappa shape index (κ1) is 9.89. The predicted octanol–water partition coefficient (Wildman–Crippen LogP) is 0.698. The Kier molecular flexibility index (Phi) is 3.43. The fourth-order valence-electron chi connectivity index (χ4n) is 1.79. The smallest absolute Gasteiger partial charge is 0.114 e. The average Bonchev–Trinajstić information content (AvgIpc) is 2.32. The maximum Gasteiger partial charge on any atom is 0.114 e. The van der Waals surface area contributed by atoms with E-state index >= 15 is 0 Å². The molecule has 0 spiro atoms. The Hall–Kier alpha value is -0.190.